The van der Waals surface area contributed by atoms with E-state index in [4.69, 9.17) is 14.2 Å². The standard InChI is InChI=1S/C39H35N3O5.C5H11NO.C3H8/c43-30-15-13-29(14-16-30)42(23-26-8-2-1-3-9-26)39(45)33-20-35(41-18-7-6-12-34(33)41)31-21-36-37(47-25-46-36)22-32(31)38(44)40-19-17-27-10-4-5-11-28(27)24-40;1-6-2-4-7-5-3-6;1-3-2/h1-5,8-11,13-16,20-22,43H,6-7,12,17-19,23-25H2;2-5H2,1H3;3H2,1-2H3. The third-order valence-corrected chi connectivity index (χ3v) is 10.7. The first-order chi connectivity index (χ1) is 27.8. The average Bonchev–Trinajstić information content (AvgIpc) is 3.88. The van der Waals surface area contributed by atoms with Crippen LogP contribution in [0.3, 0.4) is 0 Å². The highest BCUT2D eigenvalue weighted by atomic mass is 16.7. The molecule has 0 atom stereocenters. The van der Waals surface area contributed by atoms with E-state index in [9.17, 15) is 14.7 Å². The van der Waals surface area contributed by atoms with Crippen molar-refractivity contribution >= 4 is 17.5 Å². The van der Waals surface area contributed by atoms with Gasteiger partial charge in [0, 0.05) is 55.4 Å². The molecule has 5 heterocycles. The van der Waals surface area contributed by atoms with Crippen LogP contribution in [-0.4, -0.2) is 78.0 Å². The highest BCUT2D eigenvalue weighted by Crippen LogP contribution is 2.42. The molecule has 0 spiro atoms. The maximum Gasteiger partial charge on any atom is 0.260 e. The van der Waals surface area contributed by atoms with E-state index in [1.165, 1.54) is 12.0 Å². The molecule has 1 N–H and O–H groups in total. The first-order valence-electron chi connectivity index (χ1n) is 20.3. The van der Waals surface area contributed by atoms with E-state index >= 15 is 0 Å². The van der Waals surface area contributed by atoms with Crippen molar-refractivity contribution in [2.75, 3.05) is 51.6 Å². The molecule has 9 rings (SSSR count). The van der Waals surface area contributed by atoms with Gasteiger partial charge in [0.25, 0.3) is 11.8 Å². The van der Waals surface area contributed by atoms with Crippen molar-refractivity contribution in [3.8, 4) is 28.5 Å². The Morgan fingerprint density at radius 2 is 1.44 bits per heavy atom. The summed E-state index contributed by atoms with van der Waals surface area (Å²) in [5.41, 5.74) is 7.82. The van der Waals surface area contributed by atoms with E-state index in [2.05, 4.69) is 42.5 Å². The fourth-order valence-corrected chi connectivity index (χ4v) is 7.73. The highest BCUT2D eigenvalue weighted by molar-refractivity contribution is 6.09. The van der Waals surface area contributed by atoms with Crippen molar-refractivity contribution in [3.05, 3.63) is 131 Å². The van der Waals surface area contributed by atoms with Crippen LogP contribution in [0, 0.1) is 0 Å². The van der Waals surface area contributed by atoms with Crippen LogP contribution in [0.5, 0.6) is 17.2 Å². The second-order valence-electron chi connectivity index (χ2n) is 15.0. The average molecular weight is 771 g/mol. The number of morpholine rings is 1. The van der Waals surface area contributed by atoms with Crippen LogP contribution in [0.1, 0.15) is 76.2 Å². The number of nitrogens with zero attached hydrogens (tertiary/aromatic N) is 4. The van der Waals surface area contributed by atoms with Crippen LogP contribution >= 0.6 is 0 Å². The molecule has 0 bridgehead atoms. The number of aromatic nitrogens is 1. The second-order valence-corrected chi connectivity index (χ2v) is 15.0. The van der Waals surface area contributed by atoms with Crippen molar-refractivity contribution in [2.45, 2.75) is 65.6 Å². The third kappa shape index (κ3) is 9.19. The van der Waals surface area contributed by atoms with Gasteiger partial charge in [-0.1, -0.05) is 74.9 Å². The van der Waals surface area contributed by atoms with Crippen LogP contribution in [0.25, 0.3) is 11.3 Å². The molecule has 4 aliphatic heterocycles. The van der Waals surface area contributed by atoms with Gasteiger partial charge in [-0.2, -0.15) is 0 Å². The minimum atomic E-state index is -0.127. The topological polar surface area (TPSA) is 96.7 Å². The van der Waals surface area contributed by atoms with Gasteiger partial charge in [0.1, 0.15) is 5.75 Å². The van der Waals surface area contributed by atoms with Gasteiger partial charge >= 0.3 is 0 Å². The fraction of sp³-hybridized carbons (Fsp3) is 0.362. The molecule has 0 radical (unpaired) electrons. The summed E-state index contributed by atoms with van der Waals surface area (Å²) in [4.78, 5) is 34.9. The Kier molecular flexibility index (Phi) is 12.9. The zero-order valence-corrected chi connectivity index (χ0v) is 33.4. The van der Waals surface area contributed by atoms with E-state index in [0.717, 1.165) is 86.6 Å². The van der Waals surface area contributed by atoms with Crippen LogP contribution in [0.4, 0.5) is 5.69 Å². The number of hydrogen-bond acceptors (Lipinski definition) is 7. The van der Waals surface area contributed by atoms with Gasteiger partial charge in [0.2, 0.25) is 6.79 Å². The maximum absolute atomic E-state index is 14.7. The fourth-order valence-electron chi connectivity index (χ4n) is 7.73. The number of carbonyl (C=O) groups is 2. The number of ether oxygens (including phenoxy) is 3. The number of benzene rings is 4. The summed E-state index contributed by atoms with van der Waals surface area (Å²) in [5.74, 6) is 1.09. The molecule has 1 aromatic heterocycles. The third-order valence-electron chi connectivity index (χ3n) is 10.7. The Bertz CT molecular complexity index is 2140. The van der Waals surface area contributed by atoms with Crippen LogP contribution in [-0.2, 0) is 37.2 Å². The van der Waals surface area contributed by atoms with E-state index in [0.29, 0.717) is 47.9 Å². The Hall–Kier alpha value is -5.58. The lowest BCUT2D eigenvalue weighted by Gasteiger charge is -2.30. The van der Waals surface area contributed by atoms with Crippen molar-refractivity contribution in [2.24, 2.45) is 0 Å². The molecule has 5 aromatic rings. The number of anilines is 1. The van der Waals surface area contributed by atoms with Crippen molar-refractivity contribution < 1.29 is 28.9 Å². The minimum Gasteiger partial charge on any atom is -0.508 e. The van der Waals surface area contributed by atoms with E-state index in [-0.39, 0.29) is 24.4 Å². The molecule has 57 heavy (non-hydrogen) atoms. The predicted octanol–water partition coefficient (Wildman–Crippen LogP) is 8.34. The normalized spacial score (nSPS) is 15.6. The Morgan fingerprint density at radius 3 is 2.14 bits per heavy atom. The number of aromatic hydroxyl groups is 1. The number of phenols is 1. The van der Waals surface area contributed by atoms with E-state index < -0.39 is 0 Å². The Morgan fingerprint density at radius 1 is 0.754 bits per heavy atom. The number of hydrogen-bond donors (Lipinski definition) is 1. The van der Waals surface area contributed by atoms with Gasteiger partial charge in [-0.15, -0.1) is 0 Å². The summed E-state index contributed by atoms with van der Waals surface area (Å²) in [7, 11) is 2.11. The van der Waals surface area contributed by atoms with Gasteiger partial charge in [0.05, 0.1) is 30.9 Å². The molecule has 298 valence electrons. The summed E-state index contributed by atoms with van der Waals surface area (Å²) in [6.07, 6.45) is 4.76. The first kappa shape index (κ1) is 39.6. The largest absolute Gasteiger partial charge is 0.508 e. The summed E-state index contributed by atoms with van der Waals surface area (Å²) >= 11 is 0. The minimum absolute atomic E-state index is 0.0677. The van der Waals surface area contributed by atoms with Gasteiger partial charge in [0.15, 0.2) is 11.5 Å². The zero-order valence-electron chi connectivity index (χ0n) is 33.4. The van der Waals surface area contributed by atoms with Gasteiger partial charge in [-0.25, -0.2) is 0 Å². The van der Waals surface area contributed by atoms with Gasteiger partial charge in [-0.05, 0) is 91.9 Å². The number of phenolic OH excluding ortho intramolecular Hbond substituents is 1. The molecule has 0 aliphatic carbocycles. The monoisotopic (exact) mass is 770 g/mol. The molecule has 4 aliphatic rings. The number of rotatable bonds is 6. The molecule has 1 fully saturated rings. The summed E-state index contributed by atoms with van der Waals surface area (Å²) in [6, 6.07) is 30.6. The SMILES string of the molecule is CCC.CN1CCOCC1.O=C(c1cc2c(cc1-c1cc(C(=O)N(Cc3ccccc3)c3ccc(O)cc3)c3n1CCCC3)OCO2)N1CCc2ccccc2C1. The molecule has 10 nitrogen and oxygen atoms in total. The summed E-state index contributed by atoms with van der Waals surface area (Å²) in [6.45, 7) is 10.7. The van der Waals surface area contributed by atoms with E-state index in [1.54, 1.807) is 29.2 Å². The van der Waals surface area contributed by atoms with Crippen LogP contribution in [0.15, 0.2) is 97.1 Å². The lowest BCUT2D eigenvalue weighted by Crippen LogP contribution is -2.36. The Labute approximate surface area is 336 Å². The predicted molar refractivity (Wildman–Crippen MR) is 223 cm³/mol. The van der Waals surface area contributed by atoms with E-state index in [1.807, 2.05) is 65.6 Å². The number of likely N-dealkylation sites (N-methyl/N-ethyl adjacent to an activating group) is 1. The lowest BCUT2D eigenvalue weighted by atomic mass is 9.97. The highest BCUT2D eigenvalue weighted by Gasteiger charge is 2.32. The molecule has 10 heteroatoms. The molecule has 0 unspecified atom stereocenters. The smallest absolute Gasteiger partial charge is 0.260 e. The molecule has 1 saturated heterocycles. The molecule has 2 amide bonds. The summed E-state index contributed by atoms with van der Waals surface area (Å²) in [5, 5.41) is 9.99. The van der Waals surface area contributed by atoms with Crippen LogP contribution < -0.4 is 14.4 Å². The van der Waals surface area contributed by atoms with Gasteiger partial charge < -0.3 is 38.6 Å². The maximum atomic E-state index is 14.7. The number of fused-ring (bicyclic) bond motifs is 3. The van der Waals surface area contributed by atoms with Crippen molar-refractivity contribution in [1.29, 1.82) is 0 Å². The molecule has 4 aromatic carbocycles. The van der Waals surface area contributed by atoms with Crippen molar-refractivity contribution in [1.82, 2.24) is 14.4 Å². The molecule has 0 saturated carbocycles. The number of carbonyl (C=O) groups excluding carboxylic acids is 2. The zero-order chi connectivity index (χ0) is 39.7. The van der Waals surface area contributed by atoms with Crippen LogP contribution in [0.2, 0.25) is 0 Å². The lowest BCUT2D eigenvalue weighted by molar-refractivity contribution is 0.0503. The number of amides is 2. The quantitative estimate of drug-likeness (QED) is 0.186. The Balaban J connectivity index is 0.000000439. The molecular weight excluding hydrogens is 717 g/mol. The summed E-state index contributed by atoms with van der Waals surface area (Å²) < 4.78 is 18.9. The van der Waals surface area contributed by atoms with Crippen molar-refractivity contribution in [3.63, 3.8) is 0 Å². The van der Waals surface area contributed by atoms with Gasteiger partial charge in [-0.3, -0.25) is 9.59 Å². The first-order valence-corrected chi connectivity index (χ1v) is 20.3. The molecular formula is C47H54N4O6. The second kappa shape index (κ2) is 18.6.